The lowest BCUT2D eigenvalue weighted by molar-refractivity contribution is -0.151. The molecule has 2 aliphatic rings. The average Bonchev–Trinajstić information content (AvgIpc) is 3.63. The number of pyridine rings is 1. The Bertz CT molecular complexity index is 1720. The number of rotatable bonds is 10. The van der Waals surface area contributed by atoms with Crippen molar-refractivity contribution in [2.75, 3.05) is 29.6 Å². The largest absolute Gasteiger partial charge is 0.503 e. The summed E-state index contributed by atoms with van der Waals surface area (Å²) in [5, 5.41) is 46.5. The molecule has 3 atom stereocenters. The van der Waals surface area contributed by atoms with Gasteiger partial charge in [-0.25, -0.2) is 9.78 Å². The first kappa shape index (κ1) is 30.1. The van der Waals surface area contributed by atoms with Crippen molar-refractivity contribution >= 4 is 80.2 Å². The van der Waals surface area contributed by atoms with Crippen LogP contribution in [0.1, 0.15) is 22.2 Å². The number of hydrogen-bond donors (Lipinski definition) is 7. The lowest BCUT2D eigenvalue weighted by Gasteiger charge is -2.49. The zero-order valence-electron chi connectivity index (χ0n) is 21.7. The lowest BCUT2D eigenvalue weighted by atomic mass is 10.0. The van der Waals surface area contributed by atoms with E-state index in [1.165, 1.54) is 40.2 Å². The Morgan fingerprint density at radius 3 is 2.70 bits per heavy atom. The number of anilines is 2. The number of nitrogens with one attached hydrogen (secondary N) is 3. The van der Waals surface area contributed by atoms with E-state index in [1.54, 1.807) is 7.05 Å². The number of hydrogen-bond acceptors (Lipinski definition) is 16. The van der Waals surface area contributed by atoms with Gasteiger partial charge < -0.3 is 37.1 Å². The number of nitrogen functional groups attached to an aromatic ring is 1. The van der Waals surface area contributed by atoms with Crippen LogP contribution in [0.4, 0.5) is 10.3 Å². The Labute approximate surface area is 257 Å². The number of β-lactam (4-membered cyclic amide) rings is 1. The molecule has 0 radical (unpaired) electrons. The molecule has 0 bridgehead atoms. The molecule has 3 aromatic rings. The van der Waals surface area contributed by atoms with Crippen LogP contribution in [0.3, 0.4) is 0 Å². The molecule has 5 heterocycles. The molecule has 1 saturated heterocycles. The predicted octanol–water partition coefficient (Wildman–Crippen LogP) is -0.275. The number of carbonyl (C=O) groups excluding carboxylic acids is 3. The van der Waals surface area contributed by atoms with E-state index in [0.717, 1.165) is 16.2 Å². The smallest absolute Gasteiger partial charge is 0.352 e. The number of aromatic hydroxyl groups is 1. The van der Waals surface area contributed by atoms with Crippen LogP contribution >= 0.6 is 46.2 Å². The standard InChI is InChI=1S/C22H21N9O8S4/c1-24-21-28-29-22(43-21)42-5-7-4-40-18-13(17(36)31(18)14(7)19(37)38)27-16(35)12(8-6-41-20(23)25-8)26-15(34)9-2-10(32)11(33)3-30(9)39/h2-3,6,12-13,18,33,39H,4-5H2,1H3,(H2,23,25)(H,24,28)(H,26,34)(H,27,35)(H,37,38)/t12?,13-,18-/m1/s1. The Balaban J connectivity index is 1.32. The Kier molecular flexibility index (Phi) is 8.48. The highest BCUT2D eigenvalue weighted by atomic mass is 32.2. The van der Waals surface area contributed by atoms with Gasteiger partial charge in [-0.15, -0.1) is 33.3 Å². The molecule has 5 rings (SSSR count). The van der Waals surface area contributed by atoms with Crippen LogP contribution in [0.5, 0.6) is 5.75 Å². The number of carbonyl (C=O) groups is 4. The van der Waals surface area contributed by atoms with Crippen molar-refractivity contribution in [1.29, 1.82) is 0 Å². The molecule has 1 unspecified atom stereocenters. The highest BCUT2D eigenvalue weighted by molar-refractivity contribution is 8.01. The number of thiazole rings is 1. The van der Waals surface area contributed by atoms with Crippen LogP contribution < -0.4 is 27.1 Å². The van der Waals surface area contributed by atoms with Crippen molar-refractivity contribution in [3.63, 3.8) is 0 Å². The molecule has 2 aliphatic heterocycles. The maximum atomic E-state index is 13.4. The first-order valence-corrected chi connectivity index (χ1v) is 15.7. The van der Waals surface area contributed by atoms with E-state index in [2.05, 4.69) is 31.1 Å². The second kappa shape index (κ2) is 12.1. The fourth-order valence-corrected chi connectivity index (χ4v) is 7.92. The number of thioether (sulfide) groups is 2. The third-order valence-corrected chi connectivity index (χ3v) is 10.3. The van der Waals surface area contributed by atoms with Gasteiger partial charge in [-0.05, 0) is 5.57 Å². The quantitative estimate of drug-likeness (QED) is 0.0834. The van der Waals surface area contributed by atoms with Gasteiger partial charge in [0.15, 0.2) is 21.3 Å². The van der Waals surface area contributed by atoms with Gasteiger partial charge in [0.25, 0.3) is 11.8 Å². The van der Waals surface area contributed by atoms with E-state index in [1.807, 2.05) is 0 Å². The zero-order valence-corrected chi connectivity index (χ0v) is 25.0. The first-order valence-electron chi connectivity index (χ1n) is 12.0. The minimum Gasteiger partial charge on any atom is -0.503 e. The minimum absolute atomic E-state index is 0.0161. The van der Waals surface area contributed by atoms with Gasteiger partial charge in [-0.1, -0.05) is 23.1 Å². The molecule has 1 fully saturated rings. The second-order valence-corrected chi connectivity index (χ2v) is 13.0. The molecule has 0 aromatic carbocycles. The topological polar surface area (TPSA) is 255 Å². The minimum atomic E-state index is -1.52. The van der Waals surface area contributed by atoms with Gasteiger partial charge in [-0.3, -0.25) is 24.1 Å². The van der Waals surface area contributed by atoms with Gasteiger partial charge in [0.2, 0.25) is 16.5 Å². The summed E-state index contributed by atoms with van der Waals surface area (Å²) in [7, 11) is 1.70. The van der Waals surface area contributed by atoms with Gasteiger partial charge in [0.05, 0.1) is 11.9 Å². The Morgan fingerprint density at radius 1 is 1.28 bits per heavy atom. The van der Waals surface area contributed by atoms with E-state index in [9.17, 15) is 39.4 Å². The fraction of sp³-hybridized carbons (Fsp3) is 0.273. The molecule has 0 spiro atoms. The number of nitrogens with zero attached hydrogens (tertiary/aromatic N) is 5. The van der Waals surface area contributed by atoms with Crippen molar-refractivity contribution < 1.29 is 34.6 Å². The normalized spacial score (nSPS) is 18.4. The third-order valence-electron chi connectivity index (χ3n) is 6.16. The highest BCUT2D eigenvalue weighted by Crippen LogP contribution is 2.42. The number of carboxylic acid groups (broad SMARTS) is 1. The number of fused-ring (bicyclic) bond motifs is 1. The molecule has 17 nitrogen and oxygen atoms in total. The lowest BCUT2D eigenvalue weighted by Crippen LogP contribution is -2.71. The maximum absolute atomic E-state index is 13.4. The van der Waals surface area contributed by atoms with E-state index < -0.39 is 58.0 Å². The van der Waals surface area contributed by atoms with Crippen molar-refractivity contribution in [1.82, 2.24) is 35.4 Å². The van der Waals surface area contributed by atoms with Crippen molar-refractivity contribution in [2.45, 2.75) is 21.8 Å². The van der Waals surface area contributed by atoms with Crippen LogP contribution in [0.15, 0.2) is 38.0 Å². The SMILES string of the molecule is CNc1nnc(SCC2=C(C(=O)O)N3C(=O)[C@@H](NC(=O)C(NC(=O)c4cc(=O)c(O)cn4O)c4csc(N)n4)[C@H]3SC2)s1. The number of carboxylic acids is 1. The number of aliphatic carboxylic acids is 1. The Hall–Kier alpha value is -4.34. The van der Waals surface area contributed by atoms with Crippen molar-refractivity contribution in [3.8, 4) is 5.75 Å². The summed E-state index contributed by atoms with van der Waals surface area (Å²) in [6.45, 7) is 0. The van der Waals surface area contributed by atoms with E-state index in [4.69, 9.17) is 5.73 Å². The van der Waals surface area contributed by atoms with Gasteiger partial charge >= 0.3 is 5.97 Å². The molecule has 8 N–H and O–H groups in total. The number of nitrogens with two attached hydrogens (primary N) is 1. The van der Waals surface area contributed by atoms with Crippen LogP contribution in [0, 0.1) is 0 Å². The van der Waals surface area contributed by atoms with Gasteiger partial charge in [0.1, 0.15) is 22.8 Å². The van der Waals surface area contributed by atoms with E-state index >= 15 is 0 Å². The third kappa shape index (κ3) is 5.96. The highest BCUT2D eigenvalue weighted by Gasteiger charge is 2.54. The molecule has 0 saturated carbocycles. The molecular weight excluding hydrogens is 647 g/mol. The van der Waals surface area contributed by atoms with Crippen LogP contribution in [0.25, 0.3) is 0 Å². The monoisotopic (exact) mass is 667 g/mol. The molecule has 43 heavy (non-hydrogen) atoms. The molecular formula is C22H21N9O8S4. The maximum Gasteiger partial charge on any atom is 0.352 e. The first-order chi connectivity index (χ1) is 20.5. The van der Waals surface area contributed by atoms with Gasteiger partial charge in [0, 0.05) is 30.0 Å². The molecule has 21 heteroatoms. The summed E-state index contributed by atoms with van der Waals surface area (Å²) < 4.78 is 0.831. The second-order valence-electron chi connectivity index (χ2n) is 8.83. The van der Waals surface area contributed by atoms with Crippen LogP contribution in [0.2, 0.25) is 0 Å². The van der Waals surface area contributed by atoms with E-state index in [0.29, 0.717) is 27.3 Å². The number of amides is 3. The van der Waals surface area contributed by atoms with Crippen molar-refractivity contribution in [2.24, 2.45) is 0 Å². The van der Waals surface area contributed by atoms with Crippen LogP contribution in [-0.4, -0.2) is 93.9 Å². The Morgan fingerprint density at radius 2 is 2.05 bits per heavy atom. The molecule has 3 aromatic heterocycles. The summed E-state index contributed by atoms with van der Waals surface area (Å²) >= 11 is 4.83. The van der Waals surface area contributed by atoms with E-state index in [-0.39, 0.29) is 32.8 Å². The average molecular weight is 668 g/mol. The summed E-state index contributed by atoms with van der Waals surface area (Å²) in [5.74, 6) is -4.18. The summed E-state index contributed by atoms with van der Waals surface area (Å²) in [6, 6.07) is -1.97. The molecule has 0 aliphatic carbocycles. The number of aromatic nitrogens is 4. The summed E-state index contributed by atoms with van der Waals surface area (Å²) in [6.07, 6.45) is 0.614. The van der Waals surface area contributed by atoms with Crippen LogP contribution in [-0.2, 0) is 14.4 Å². The summed E-state index contributed by atoms with van der Waals surface area (Å²) in [4.78, 5) is 68.7. The van der Waals surface area contributed by atoms with Gasteiger partial charge in [-0.2, -0.15) is 4.73 Å². The zero-order chi connectivity index (χ0) is 31.0. The summed E-state index contributed by atoms with van der Waals surface area (Å²) in [5.41, 5.74) is 4.52. The predicted molar refractivity (Wildman–Crippen MR) is 156 cm³/mol. The van der Waals surface area contributed by atoms with Crippen molar-refractivity contribution in [3.05, 3.63) is 50.5 Å². The molecule has 226 valence electrons. The molecule has 3 amide bonds. The fourth-order valence-electron chi connectivity index (χ4n) is 4.14.